The quantitative estimate of drug-likeness (QED) is 0.758. The largest absolute Gasteiger partial charge is 0.398 e. The van der Waals surface area contributed by atoms with E-state index in [1.807, 2.05) is 0 Å². The fourth-order valence-electron chi connectivity index (χ4n) is 2.12. The normalized spacial score (nSPS) is 16.4. The zero-order chi connectivity index (χ0) is 14.9. The van der Waals surface area contributed by atoms with Crippen LogP contribution < -0.4 is 5.73 Å². The van der Waals surface area contributed by atoms with Gasteiger partial charge in [0.25, 0.3) is 5.91 Å². The first-order valence-electron chi connectivity index (χ1n) is 6.08. The number of hydrogen-bond acceptors (Lipinski definition) is 4. The number of rotatable bonds is 2. The summed E-state index contributed by atoms with van der Waals surface area (Å²) in [7, 11) is -3.19. The van der Waals surface area contributed by atoms with Gasteiger partial charge in [0.2, 0.25) is 10.0 Å². The van der Waals surface area contributed by atoms with E-state index in [-0.39, 0.29) is 18.3 Å². The molecule has 0 aromatic heterocycles. The molecule has 0 unspecified atom stereocenters. The lowest BCUT2D eigenvalue weighted by atomic mass is 10.1. The number of nitrogens with two attached hydrogens (primary N) is 1. The summed E-state index contributed by atoms with van der Waals surface area (Å²) in [6, 6.07) is 5.11. The summed E-state index contributed by atoms with van der Waals surface area (Å²) in [4.78, 5) is 14.0. The molecule has 0 atom stereocenters. The van der Waals surface area contributed by atoms with E-state index in [4.69, 9.17) is 5.73 Å². The topological polar surface area (TPSA) is 83.7 Å². The Morgan fingerprint density at radius 1 is 1.24 bits per heavy atom. The first kappa shape index (κ1) is 18.2. The molecule has 0 spiro atoms. The van der Waals surface area contributed by atoms with Crippen LogP contribution in [-0.4, -0.2) is 56.0 Å². The minimum Gasteiger partial charge on any atom is -0.398 e. The number of piperazine rings is 1. The third-order valence-electron chi connectivity index (χ3n) is 3.24. The first-order chi connectivity index (χ1) is 9.29. The van der Waals surface area contributed by atoms with Gasteiger partial charge in [-0.1, -0.05) is 15.9 Å². The number of carbonyl (C=O) groups is 1. The van der Waals surface area contributed by atoms with Crippen molar-refractivity contribution in [1.29, 1.82) is 0 Å². The van der Waals surface area contributed by atoms with E-state index >= 15 is 0 Å². The minimum absolute atomic E-state index is 0. The van der Waals surface area contributed by atoms with Crippen LogP contribution in [-0.2, 0) is 10.0 Å². The monoisotopic (exact) mass is 397 g/mol. The molecular formula is C12H17BrClN3O3S. The van der Waals surface area contributed by atoms with E-state index in [0.717, 1.165) is 4.47 Å². The van der Waals surface area contributed by atoms with Gasteiger partial charge in [-0.15, -0.1) is 12.4 Å². The van der Waals surface area contributed by atoms with Crippen molar-refractivity contribution in [3.63, 3.8) is 0 Å². The molecule has 1 aliphatic rings. The van der Waals surface area contributed by atoms with Gasteiger partial charge in [0.05, 0.1) is 11.8 Å². The average molecular weight is 399 g/mol. The molecule has 9 heteroatoms. The third kappa shape index (κ3) is 4.32. The van der Waals surface area contributed by atoms with E-state index in [1.54, 1.807) is 23.1 Å². The number of nitrogen functional groups attached to an aromatic ring is 1. The maximum atomic E-state index is 12.4. The van der Waals surface area contributed by atoms with Gasteiger partial charge in [0.15, 0.2) is 0 Å². The Labute approximate surface area is 138 Å². The molecule has 1 aromatic rings. The van der Waals surface area contributed by atoms with Crippen molar-refractivity contribution in [3.05, 3.63) is 28.2 Å². The highest BCUT2D eigenvalue weighted by molar-refractivity contribution is 9.10. The summed E-state index contributed by atoms with van der Waals surface area (Å²) < 4.78 is 25.0. The van der Waals surface area contributed by atoms with Crippen LogP contribution in [0, 0.1) is 0 Å². The Morgan fingerprint density at radius 2 is 1.81 bits per heavy atom. The molecular weight excluding hydrogens is 382 g/mol. The van der Waals surface area contributed by atoms with Gasteiger partial charge in [-0.05, 0) is 18.2 Å². The van der Waals surface area contributed by atoms with E-state index in [1.165, 1.54) is 10.6 Å². The van der Waals surface area contributed by atoms with Crippen molar-refractivity contribution < 1.29 is 13.2 Å². The molecule has 0 saturated carbocycles. The molecule has 0 radical (unpaired) electrons. The molecule has 1 fully saturated rings. The number of sulfonamides is 1. The van der Waals surface area contributed by atoms with Gasteiger partial charge >= 0.3 is 0 Å². The number of anilines is 1. The highest BCUT2D eigenvalue weighted by Crippen LogP contribution is 2.20. The van der Waals surface area contributed by atoms with Crippen LogP contribution in [0.5, 0.6) is 0 Å². The molecule has 2 N–H and O–H groups in total. The second-order valence-electron chi connectivity index (χ2n) is 4.69. The first-order valence-corrected chi connectivity index (χ1v) is 8.72. The van der Waals surface area contributed by atoms with E-state index < -0.39 is 10.0 Å². The standard InChI is InChI=1S/C12H16BrN3O3S.ClH/c1-20(18,19)16-6-4-15(5-7-16)12(17)10-3-2-9(13)8-11(10)14;/h2-3,8H,4-7,14H2,1H3;1H. The Morgan fingerprint density at radius 3 is 2.29 bits per heavy atom. The Balaban J connectivity index is 0.00000220. The minimum atomic E-state index is -3.19. The van der Waals surface area contributed by atoms with Crippen LogP contribution >= 0.6 is 28.3 Å². The number of nitrogens with zero attached hydrogens (tertiary/aromatic N) is 2. The van der Waals surface area contributed by atoms with E-state index in [9.17, 15) is 13.2 Å². The summed E-state index contributed by atoms with van der Waals surface area (Å²) in [5.41, 5.74) is 6.70. The summed E-state index contributed by atoms with van der Waals surface area (Å²) in [5, 5.41) is 0. The lowest BCUT2D eigenvalue weighted by Gasteiger charge is -2.33. The molecule has 1 saturated heterocycles. The molecule has 1 heterocycles. The lowest BCUT2D eigenvalue weighted by molar-refractivity contribution is 0.0699. The highest BCUT2D eigenvalue weighted by atomic mass is 79.9. The third-order valence-corrected chi connectivity index (χ3v) is 5.04. The highest BCUT2D eigenvalue weighted by Gasteiger charge is 2.27. The van der Waals surface area contributed by atoms with Crippen molar-refractivity contribution in [2.45, 2.75) is 0 Å². The Bertz CT molecular complexity index is 631. The second kappa shape index (κ2) is 6.95. The number of halogens is 2. The summed E-state index contributed by atoms with van der Waals surface area (Å²) in [5.74, 6) is -0.164. The van der Waals surface area contributed by atoms with Crippen molar-refractivity contribution in [2.75, 3.05) is 38.2 Å². The lowest BCUT2D eigenvalue weighted by Crippen LogP contribution is -2.50. The maximum Gasteiger partial charge on any atom is 0.256 e. The molecule has 2 rings (SSSR count). The van der Waals surface area contributed by atoms with Crippen LogP contribution in [0.15, 0.2) is 22.7 Å². The van der Waals surface area contributed by atoms with Crippen LogP contribution in [0.1, 0.15) is 10.4 Å². The summed E-state index contributed by atoms with van der Waals surface area (Å²) in [6.07, 6.45) is 1.18. The summed E-state index contributed by atoms with van der Waals surface area (Å²) in [6.45, 7) is 1.39. The fourth-order valence-corrected chi connectivity index (χ4v) is 3.33. The molecule has 1 aromatic carbocycles. The van der Waals surface area contributed by atoms with Gasteiger partial charge in [0, 0.05) is 36.3 Å². The van der Waals surface area contributed by atoms with Gasteiger partial charge in [-0.2, -0.15) is 4.31 Å². The average Bonchev–Trinajstić information content (AvgIpc) is 2.37. The maximum absolute atomic E-state index is 12.4. The molecule has 118 valence electrons. The summed E-state index contributed by atoms with van der Waals surface area (Å²) >= 11 is 3.29. The predicted octanol–water partition coefficient (Wildman–Crippen LogP) is 1.17. The second-order valence-corrected chi connectivity index (χ2v) is 7.58. The zero-order valence-corrected chi connectivity index (χ0v) is 14.7. The van der Waals surface area contributed by atoms with Crippen molar-refractivity contribution in [3.8, 4) is 0 Å². The predicted molar refractivity (Wildman–Crippen MR) is 88.1 cm³/mol. The number of hydrogen-bond donors (Lipinski definition) is 1. The van der Waals surface area contributed by atoms with Crippen molar-refractivity contribution in [1.82, 2.24) is 9.21 Å². The zero-order valence-electron chi connectivity index (χ0n) is 11.5. The Hall–Kier alpha value is -0.830. The fraction of sp³-hybridized carbons (Fsp3) is 0.417. The molecule has 1 aliphatic heterocycles. The smallest absolute Gasteiger partial charge is 0.256 e. The molecule has 21 heavy (non-hydrogen) atoms. The van der Waals surface area contributed by atoms with Crippen LogP contribution in [0.2, 0.25) is 0 Å². The van der Waals surface area contributed by atoms with Crippen molar-refractivity contribution in [2.24, 2.45) is 0 Å². The Kier molecular flexibility index (Phi) is 6.03. The molecule has 1 amide bonds. The van der Waals surface area contributed by atoms with Gasteiger partial charge in [0.1, 0.15) is 0 Å². The number of benzene rings is 1. The number of amides is 1. The van der Waals surface area contributed by atoms with E-state index in [2.05, 4.69) is 15.9 Å². The molecule has 0 aliphatic carbocycles. The SMILES string of the molecule is CS(=O)(=O)N1CCN(C(=O)c2ccc(Br)cc2N)CC1.Cl. The van der Waals surface area contributed by atoms with Crippen molar-refractivity contribution >= 4 is 50.0 Å². The van der Waals surface area contributed by atoms with Crippen LogP contribution in [0.4, 0.5) is 5.69 Å². The molecule has 6 nitrogen and oxygen atoms in total. The molecule has 0 bridgehead atoms. The van der Waals surface area contributed by atoms with Crippen LogP contribution in [0.25, 0.3) is 0 Å². The van der Waals surface area contributed by atoms with Gasteiger partial charge < -0.3 is 10.6 Å². The van der Waals surface area contributed by atoms with E-state index in [0.29, 0.717) is 37.4 Å². The number of carbonyl (C=O) groups excluding carboxylic acids is 1. The van der Waals surface area contributed by atoms with Gasteiger partial charge in [-0.3, -0.25) is 4.79 Å². The van der Waals surface area contributed by atoms with Crippen LogP contribution in [0.3, 0.4) is 0 Å². The van der Waals surface area contributed by atoms with Gasteiger partial charge in [-0.25, -0.2) is 8.42 Å².